The zero-order valence-corrected chi connectivity index (χ0v) is 13.2. The van der Waals surface area contributed by atoms with Crippen LogP contribution in [0.2, 0.25) is 0 Å². The van der Waals surface area contributed by atoms with Crippen LogP contribution in [-0.4, -0.2) is 5.11 Å². The van der Waals surface area contributed by atoms with Crippen molar-refractivity contribution in [3.8, 4) is 0 Å². The maximum Gasteiger partial charge on any atom is 0.0685 e. The molecule has 0 radical (unpaired) electrons. The van der Waals surface area contributed by atoms with Crippen molar-refractivity contribution >= 4 is 0 Å². The van der Waals surface area contributed by atoms with Crippen molar-refractivity contribution < 1.29 is 31.3 Å². The molecular formula is C15H21OZr-. The van der Waals surface area contributed by atoms with E-state index >= 15 is 0 Å². The van der Waals surface area contributed by atoms with Gasteiger partial charge in [0, 0.05) is 26.2 Å². The molecule has 1 aromatic rings. The van der Waals surface area contributed by atoms with Gasteiger partial charge in [0.05, 0.1) is 6.10 Å². The van der Waals surface area contributed by atoms with Gasteiger partial charge >= 0.3 is 0 Å². The zero-order valence-electron chi connectivity index (χ0n) is 10.7. The summed E-state index contributed by atoms with van der Waals surface area (Å²) in [4.78, 5) is 0. The number of allylic oxidation sites excluding steroid dienone is 1. The van der Waals surface area contributed by atoms with E-state index in [4.69, 9.17) is 0 Å². The van der Waals surface area contributed by atoms with E-state index in [1.54, 1.807) is 0 Å². The summed E-state index contributed by atoms with van der Waals surface area (Å²) in [7, 11) is 0. The van der Waals surface area contributed by atoms with Gasteiger partial charge in [-0.2, -0.15) is 6.42 Å². The first-order chi connectivity index (χ1) is 7.79. The largest absolute Gasteiger partial charge is 0.494 e. The molecule has 0 bridgehead atoms. The molecule has 1 unspecified atom stereocenters. The number of hydrogen-bond donors (Lipinski definition) is 1. The van der Waals surface area contributed by atoms with Crippen LogP contribution in [0.25, 0.3) is 0 Å². The molecule has 0 aliphatic rings. The number of aliphatic hydroxyl groups excluding tert-OH is 1. The number of unbranched alkanes of at least 4 members (excludes halogenated alkanes) is 1. The van der Waals surface area contributed by atoms with Gasteiger partial charge in [0.15, 0.2) is 0 Å². The molecule has 1 N–H and O–H groups in total. The third-order valence-electron chi connectivity index (χ3n) is 2.57. The number of hydrogen-bond acceptors (Lipinski definition) is 1. The second-order valence-corrected chi connectivity index (χ2v) is 4.02. The van der Waals surface area contributed by atoms with Gasteiger partial charge in [0.1, 0.15) is 0 Å². The predicted octanol–water partition coefficient (Wildman–Crippen LogP) is 4.05. The predicted molar refractivity (Wildman–Crippen MR) is 68.0 cm³/mol. The van der Waals surface area contributed by atoms with E-state index in [-0.39, 0.29) is 26.2 Å². The quantitative estimate of drug-likeness (QED) is 0.786. The van der Waals surface area contributed by atoms with E-state index in [9.17, 15) is 5.11 Å². The normalized spacial score (nSPS) is 13.0. The molecule has 2 heteroatoms. The summed E-state index contributed by atoms with van der Waals surface area (Å²) < 4.78 is 0. The Bertz CT molecular complexity index is 319. The van der Waals surface area contributed by atoms with Gasteiger partial charge in [-0.05, 0) is 5.56 Å². The van der Waals surface area contributed by atoms with Gasteiger partial charge in [0.2, 0.25) is 0 Å². The molecule has 0 fully saturated rings. The molecule has 0 aliphatic carbocycles. The monoisotopic (exact) mass is 307 g/mol. The Morgan fingerprint density at radius 2 is 1.82 bits per heavy atom. The third-order valence-corrected chi connectivity index (χ3v) is 2.57. The number of rotatable bonds is 6. The van der Waals surface area contributed by atoms with Crippen LogP contribution in [0.15, 0.2) is 35.9 Å². The van der Waals surface area contributed by atoms with Crippen LogP contribution in [0, 0.1) is 6.08 Å². The van der Waals surface area contributed by atoms with Gasteiger partial charge in [-0.1, -0.05) is 63.4 Å². The van der Waals surface area contributed by atoms with E-state index in [0.717, 1.165) is 36.8 Å². The Morgan fingerprint density at radius 3 is 2.35 bits per heavy atom. The number of aliphatic hydroxyl groups is 1. The topological polar surface area (TPSA) is 20.2 Å². The van der Waals surface area contributed by atoms with Crippen molar-refractivity contribution in [2.75, 3.05) is 0 Å². The molecule has 0 saturated carbocycles. The Labute approximate surface area is 124 Å². The van der Waals surface area contributed by atoms with Gasteiger partial charge in [-0.15, -0.1) is 0 Å². The Balaban J connectivity index is 0.00000256. The zero-order chi connectivity index (χ0) is 11.8. The van der Waals surface area contributed by atoms with E-state index < -0.39 is 6.10 Å². The minimum absolute atomic E-state index is 0. The summed E-state index contributed by atoms with van der Waals surface area (Å²) in [5.74, 6) is 0. The summed E-state index contributed by atoms with van der Waals surface area (Å²) in [5.41, 5.74) is 2.00. The van der Waals surface area contributed by atoms with Gasteiger partial charge in [-0.3, -0.25) is 0 Å². The second kappa shape index (κ2) is 9.79. The fourth-order valence-electron chi connectivity index (χ4n) is 1.71. The fraction of sp³-hybridized carbons (Fsp3) is 0.467. The fourth-order valence-corrected chi connectivity index (χ4v) is 1.71. The molecule has 0 spiro atoms. The minimum atomic E-state index is -0.479. The van der Waals surface area contributed by atoms with Crippen LogP contribution in [0.5, 0.6) is 0 Å². The van der Waals surface area contributed by atoms with Crippen LogP contribution >= 0.6 is 0 Å². The first-order valence-corrected chi connectivity index (χ1v) is 6.12. The molecule has 17 heavy (non-hydrogen) atoms. The maximum absolute atomic E-state index is 10.2. The molecule has 0 amide bonds. The third kappa shape index (κ3) is 5.79. The van der Waals surface area contributed by atoms with E-state index in [2.05, 4.69) is 19.9 Å². The van der Waals surface area contributed by atoms with Crippen molar-refractivity contribution in [1.82, 2.24) is 0 Å². The van der Waals surface area contributed by atoms with E-state index in [1.807, 2.05) is 30.3 Å². The van der Waals surface area contributed by atoms with Crippen LogP contribution in [0.1, 0.15) is 51.2 Å². The molecule has 1 nitrogen and oxygen atoms in total. The molecule has 1 atom stereocenters. The molecule has 0 aromatic heterocycles. The maximum atomic E-state index is 10.2. The Hall–Kier alpha value is -0.197. The Morgan fingerprint density at radius 1 is 1.18 bits per heavy atom. The molecular weight excluding hydrogens is 287 g/mol. The van der Waals surface area contributed by atoms with Crippen molar-refractivity contribution in [2.24, 2.45) is 0 Å². The summed E-state index contributed by atoms with van der Waals surface area (Å²) >= 11 is 0. The summed E-state index contributed by atoms with van der Waals surface area (Å²) in [5, 5.41) is 10.2. The molecule has 0 saturated heterocycles. The molecule has 0 aliphatic heterocycles. The second-order valence-electron chi connectivity index (χ2n) is 4.02. The van der Waals surface area contributed by atoms with Crippen LogP contribution < -0.4 is 0 Å². The molecule has 92 valence electrons. The Kier molecular flexibility index (Phi) is 9.68. The standard InChI is InChI=1S/C15H21O.Zr/c1-3-5-10-13(9-4-2)15(16)14-11-7-6-8-12-14;/h6-8,11-12,15-16H,3-5,9H2,1-2H3;/q-1;. The van der Waals surface area contributed by atoms with E-state index in [0.29, 0.717) is 0 Å². The van der Waals surface area contributed by atoms with E-state index in [1.165, 1.54) is 0 Å². The van der Waals surface area contributed by atoms with Crippen molar-refractivity contribution in [3.63, 3.8) is 0 Å². The van der Waals surface area contributed by atoms with Crippen molar-refractivity contribution in [3.05, 3.63) is 47.5 Å². The van der Waals surface area contributed by atoms with Crippen LogP contribution in [0.4, 0.5) is 0 Å². The average molecular weight is 309 g/mol. The van der Waals surface area contributed by atoms with Gasteiger partial charge in [-0.25, -0.2) is 5.57 Å². The van der Waals surface area contributed by atoms with Gasteiger partial charge in [0.25, 0.3) is 0 Å². The first-order valence-electron chi connectivity index (χ1n) is 6.12. The van der Waals surface area contributed by atoms with Crippen molar-refractivity contribution in [1.29, 1.82) is 0 Å². The minimum Gasteiger partial charge on any atom is -0.494 e. The summed E-state index contributed by atoms with van der Waals surface area (Å²) in [6.07, 6.45) is 6.84. The molecule has 1 aromatic carbocycles. The van der Waals surface area contributed by atoms with Crippen molar-refractivity contribution in [2.45, 2.75) is 45.6 Å². The average Bonchev–Trinajstić information content (AvgIpc) is 2.35. The molecule has 1 rings (SSSR count). The SMILES string of the molecule is CCC[C-]=C(CCC)C(O)c1ccccc1.[Zr]. The summed E-state index contributed by atoms with van der Waals surface area (Å²) in [6.45, 7) is 4.26. The van der Waals surface area contributed by atoms with Crippen LogP contribution in [0.3, 0.4) is 0 Å². The summed E-state index contributed by atoms with van der Waals surface area (Å²) in [6, 6.07) is 9.82. The van der Waals surface area contributed by atoms with Crippen LogP contribution in [-0.2, 0) is 26.2 Å². The van der Waals surface area contributed by atoms with Gasteiger partial charge < -0.3 is 11.2 Å². The molecule has 0 heterocycles. The first kappa shape index (κ1) is 16.8. The smallest absolute Gasteiger partial charge is 0.0685 e. The number of benzene rings is 1.